The van der Waals surface area contributed by atoms with E-state index >= 15 is 0 Å². The number of carbonyl (C=O) groups is 2. The predicted octanol–water partition coefficient (Wildman–Crippen LogP) is -0.00300. The minimum Gasteiger partial charge on any atom is -0.348 e. The van der Waals surface area contributed by atoms with E-state index in [2.05, 4.69) is 24.1 Å². The van der Waals surface area contributed by atoms with Crippen LogP contribution >= 0.6 is 0 Å². The first kappa shape index (κ1) is 17.9. The lowest BCUT2D eigenvalue weighted by Crippen LogP contribution is -2.43. The number of hydrogen-bond acceptors (Lipinski definition) is 4. The standard InChI is InChI=1S/C15H30N4O2/c1-5-13(2)16-11-14(20)19-8-6-7-18(9-10-19)12-15(21)17(3)4/h13,16H,5-12H2,1-4H3. The number of carbonyl (C=O) groups excluding carboxylic acids is 2. The highest BCUT2D eigenvalue weighted by molar-refractivity contribution is 5.78. The minimum atomic E-state index is 0.119. The Bertz CT molecular complexity index is 347. The molecule has 0 aromatic rings. The lowest BCUT2D eigenvalue weighted by atomic mass is 10.2. The lowest BCUT2D eigenvalue weighted by molar-refractivity contribution is -0.130. The SMILES string of the molecule is CCC(C)NCC(=O)N1CCCN(CC(=O)N(C)C)CC1. The molecule has 0 spiro atoms. The molecule has 0 aromatic heterocycles. The first-order chi connectivity index (χ1) is 9.93. The number of amides is 2. The maximum atomic E-state index is 12.2. The first-order valence-corrected chi connectivity index (χ1v) is 7.87. The summed E-state index contributed by atoms with van der Waals surface area (Å²) in [7, 11) is 3.55. The van der Waals surface area contributed by atoms with Crippen LogP contribution in [-0.2, 0) is 9.59 Å². The highest BCUT2D eigenvalue weighted by atomic mass is 16.2. The van der Waals surface area contributed by atoms with E-state index in [0.717, 1.165) is 32.5 Å². The van der Waals surface area contributed by atoms with Crippen molar-refractivity contribution in [2.45, 2.75) is 32.7 Å². The van der Waals surface area contributed by atoms with Crippen LogP contribution in [0.15, 0.2) is 0 Å². The van der Waals surface area contributed by atoms with Crippen molar-refractivity contribution in [1.82, 2.24) is 20.0 Å². The second kappa shape index (κ2) is 9.00. The fourth-order valence-corrected chi connectivity index (χ4v) is 2.23. The largest absolute Gasteiger partial charge is 0.348 e. The third-order valence-electron chi connectivity index (χ3n) is 4.01. The number of nitrogens with zero attached hydrogens (tertiary/aromatic N) is 3. The van der Waals surface area contributed by atoms with Gasteiger partial charge in [0.25, 0.3) is 0 Å². The maximum absolute atomic E-state index is 12.2. The Hall–Kier alpha value is -1.14. The molecule has 1 atom stereocenters. The van der Waals surface area contributed by atoms with Crippen molar-refractivity contribution in [2.24, 2.45) is 0 Å². The van der Waals surface area contributed by atoms with Gasteiger partial charge in [-0.1, -0.05) is 6.92 Å². The van der Waals surface area contributed by atoms with Crippen LogP contribution in [-0.4, -0.2) is 85.9 Å². The number of rotatable bonds is 6. The Kier molecular flexibility index (Phi) is 7.67. The Morgan fingerprint density at radius 1 is 1.19 bits per heavy atom. The molecule has 21 heavy (non-hydrogen) atoms. The summed E-state index contributed by atoms with van der Waals surface area (Å²) in [5.41, 5.74) is 0. The summed E-state index contributed by atoms with van der Waals surface area (Å²) in [5.74, 6) is 0.282. The smallest absolute Gasteiger partial charge is 0.236 e. The molecule has 0 bridgehead atoms. The van der Waals surface area contributed by atoms with Gasteiger partial charge < -0.3 is 15.1 Å². The molecule has 1 unspecified atom stereocenters. The van der Waals surface area contributed by atoms with Gasteiger partial charge in [-0.3, -0.25) is 14.5 Å². The van der Waals surface area contributed by atoms with E-state index in [0.29, 0.717) is 25.7 Å². The molecule has 1 saturated heterocycles. The van der Waals surface area contributed by atoms with Gasteiger partial charge in [0.1, 0.15) is 0 Å². The highest BCUT2D eigenvalue weighted by Crippen LogP contribution is 2.04. The van der Waals surface area contributed by atoms with Crippen LogP contribution < -0.4 is 5.32 Å². The van der Waals surface area contributed by atoms with Crippen molar-refractivity contribution in [1.29, 1.82) is 0 Å². The van der Waals surface area contributed by atoms with Crippen LogP contribution in [0.25, 0.3) is 0 Å². The number of likely N-dealkylation sites (N-methyl/N-ethyl adjacent to an activating group) is 1. The average Bonchev–Trinajstić information content (AvgIpc) is 2.69. The van der Waals surface area contributed by atoms with Crippen molar-refractivity contribution in [3.63, 3.8) is 0 Å². The Labute approximate surface area is 128 Å². The molecule has 6 heteroatoms. The molecule has 6 nitrogen and oxygen atoms in total. The van der Waals surface area contributed by atoms with Crippen molar-refractivity contribution in [3.8, 4) is 0 Å². The molecule has 1 fully saturated rings. The van der Waals surface area contributed by atoms with Gasteiger partial charge in [0.15, 0.2) is 0 Å². The molecule has 0 radical (unpaired) electrons. The third kappa shape index (κ3) is 6.44. The van der Waals surface area contributed by atoms with Crippen molar-refractivity contribution >= 4 is 11.8 Å². The summed E-state index contributed by atoms with van der Waals surface area (Å²) >= 11 is 0. The second-order valence-corrected chi connectivity index (χ2v) is 5.99. The molecule has 0 aliphatic carbocycles. The summed E-state index contributed by atoms with van der Waals surface area (Å²) in [6.45, 7) is 8.19. The summed E-state index contributed by atoms with van der Waals surface area (Å²) < 4.78 is 0. The second-order valence-electron chi connectivity index (χ2n) is 5.99. The van der Waals surface area contributed by atoms with Gasteiger partial charge >= 0.3 is 0 Å². The zero-order chi connectivity index (χ0) is 15.8. The highest BCUT2D eigenvalue weighted by Gasteiger charge is 2.20. The van der Waals surface area contributed by atoms with Gasteiger partial charge in [-0.25, -0.2) is 0 Å². The molecule has 2 amide bonds. The van der Waals surface area contributed by atoms with Crippen molar-refractivity contribution in [3.05, 3.63) is 0 Å². The summed E-state index contributed by atoms with van der Waals surface area (Å²) in [5, 5.41) is 3.24. The van der Waals surface area contributed by atoms with Crippen LogP contribution in [0.4, 0.5) is 0 Å². The molecule has 1 N–H and O–H groups in total. The van der Waals surface area contributed by atoms with Gasteiger partial charge in [-0.15, -0.1) is 0 Å². The molecule has 122 valence electrons. The summed E-state index contributed by atoms with van der Waals surface area (Å²) in [6.07, 6.45) is 1.95. The van der Waals surface area contributed by atoms with Gasteiger partial charge in [-0.05, 0) is 19.8 Å². The fourth-order valence-electron chi connectivity index (χ4n) is 2.23. The quantitative estimate of drug-likeness (QED) is 0.750. The van der Waals surface area contributed by atoms with Crippen molar-refractivity contribution in [2.75, 3.05) is 53.4 Å². The van der Waals surface area contributed by atoms with Gasteiger partial charge in [-0.2, -0.15) is 0 Å². The molecule has 0 saturated carbocycles. The van der Waals surface area contributed by atoms with E-state index in [9.17, 15) is 9.59 Å². The average molecular weight is 298 g/mol. The molecule has 1 aliphatic rings. The molecule has 0 aromatic carbocycles. The zero-order valence-electron chi connectivity index (χ0n) is 13.9. The van der Waals surface area contributed by atoms with Crippen molar-refractivity contribution < 1.29 is 9.59 Å². The first-order valence-electron chi connectivity index (χ1n) is 7.87. The normalized spacial score (nSPS) is 18.2. The predicted molar refractivity (Wildman–Crippen MR) is 84.1 cm³/mol. The topological polar surface area (TPSA) is 55.9 Å². The van der Waals surface area contributed by atoms with Crippen LogP contribution in [0.2, 0.25) is 0 Å². The molecular formula is C15H30N4O2. The molecule has 1 heterocycles. The van der Waals surface area contributed by atoms with E-state index in [4.69, 9.17) is 0 Å². The molecule has 1 aliphatic heterocycles. The zero-order valence-corrected chi connectivity index (χ0v) is 13.9. The van der Waals surface area contributed by atoms with Crippen LogP contribution in [0.3, 0.4) is 0 Å². The summed E-state index contributed by atoms with van der Waals surface area (Å²) in [6, 6.07) is 0.370. The monoisotopic (exact) mass is 298 g/mol. The number of nitrogens with one attached hydrogen (secondary N) is 1. The van der Waals surface area contributed by atoms with E-state index in [-0.39, 0.29) is 11.8 Å². The minimum absolute atomic E-state index is 0.119. The fraction of sp³-hybridized carbons (Fsp3) is 0.867. The summed E-state index contributed by atoms with van der Waals surface area (Å²) in [4.78, 5) is 29.6. The van der Waals surface area contributed by atoms with Gasteiger partial charge in [0.05, 0.1) is 13.1 Å². The lowest BCUT2D eigenvalue weighted by Gasteiger charge is -2.23. The Balaban J connectivity index is 2.37. The molecular weight excluding hydrogens is 268 g/mol. The maximum Gasteiger partial charge on any atom is 0.236 e. The van der Waals surface area contributed by atoms with Crippen LogP contribution in [0.1, 0.15) is 26.7 Å². The Morgan fingerprint density at radius 2 is 1.90 bits per heavy atom. The van der Waals surface area contributed by atoms with Crippen LogP contribution in [0.5, 0.6) is 0 Å². The van der Waals surface area contributed by atoms with Gasteiger partial charge in [0.2, 0.25) is 11.8 Å². The Morgan fingerprint density at radius 3 is 2.52 bits per heavy atom. The molecule has 1 rings (SSSR count). The van der Waals surface area contributed by atoms with E-state index in [1.54, 1.807) is 19.0 Å². The van der Waals surface area contributed by atoms with Crippen LogP contribution in [0, 0.1) is 0 Å². The van der Waals surface area contributed by atoms with Gasteiger partial charge in [0, 0.05) is 46.3 Å². The third-order valence-corrected chi connectivity index (χ3v) is 4.01. The van der Waals surface area contributed by atoms with E-state index < -0.39 is 0 Å². The van der Waals surface area contributed by atoms with E-state index in [1.165, 1.54) is 0 Å². The number of hydrogen-bond donors (Lipinski definition) is 1. The van der Waals surface area contributed by atoms with E-state index in [1.807, 2.05) is 4.90 Å².